The first-order chi connectivity index (χ1) is 48.1. The van der Waals surface area contributed by atoms with Crippen molar-refractivity contribution < 1.29 is 13.3 Å². The van der Waals surface area contributed by atoms with Gasteiger partial charge in [0.15, 0.2) is 0 Å². The Bertz CT molecular complexity index is 6830. The van der Waals surface area contributed by atoms with Crippen LogP contribution in [0.15, 0.2) is 341 Å². The number of hydrogen-bond donors (Lipinski definition) is 0. The third-order valence-electron chi connectivity index (χ3n) is 20.8. The summed E-state index contributed by atoms with van der Waals surface area (Å²) in [5.41, 5.74) is 21.2. The molecule has 0 amide bonds. The molecule has 0 saturated heterocycles. The molecule has 3 nitrogen and oxygen atoms in total. The maximum atomic E-state index is 7.32. The molecule has 0 aliphatic carbocycles. The zero-order chi connectivity index (χ0) is 63.4. The predicted octanol–water partition coefficient (Wildman–Crippen LogP) is 27.1. The molecule has 0 fully saturated rings. The lowest BCUT2D eigenvalue weighted by Gasteiger charge is -2.19. The summed E-state index contributed by atoms with van der Waals surface area (Å²) in [7, 11) is 0. The average molecular weight is 1230 g/mol. The molecule has 21 aromatic rings. The van der Waals surface area contributed by atoms with Crippen molar-refractivity contribution in [2.24, 2.45) is 0 Å². The molecule has 3 aromatic heterocycles. The summed E-state index contributed by atoms with van der Waals surface area (Å²) >= 11 is 0. The van der Waals surface area contributed by atoms with E-state index >= 15 is 0 Å². The first kappa shape index (κ1) is 53.7. The van der Waals surface area contributed by atoms with Crippen molar-refractivity contribution in [3.8, 4) is 77.9 Å². The second kappa shape index (κ2) is 20.8. The van der Waals surface area contributed by atoms with Gasteiger partial charge in [-0.15, -0.1) is 0 Å². The van der Waals surface area contributed by atoms with Crippen LogP contribution in [-0.2, 0) is 0 Å². The van der Waals surface area contributed by atoms with Crippen molar-refractivity contribution in [2.45, 2.75) is 0 Å². The molecular formula is C94H54O3. The van der Waals surface area contributed by atoms with Gasteiger partial charge in [0.05, 0.1) is 0 Å². The Labute approximate surface area is 556 Å². The van der Waals surface area contributed by atoms with E-state index in [-0.39, 0.29) is 0 Å². The van der Waals surface area contributed by atoms with Crippen LogP contribution in [-0.4, -0.2) is 0 Å². The van der Waals surface area contributed by atoms with Crippen molar-refractivity contribution in [2.75, 3.05) is 0 Å². The minimum absolute atomic E-state index is 0.839. The van der Waals surface area contributed by atoms with Crippen LogP contribution in [0.1, 0.15) is 0 Å². The minimum atomic E-state index is 0.839. The molecule has 3 heterocycles. The fourth-order valence-electron chi connectivity index (χ4n) is 16.6. The summed E-state index contributed by atoms with van der Waals surface area (Å²) in [5, 5.41) is 23.2. The SMILES string of the molecule is c1ccc2cc(-c3c4ccccc4c(-c4ccc5oc6c(-c7cccc8c(-c9c%10ccccc%10c(-c%10ccc%11oc%12cccc(-c%13cccc%14c%13oc%13ccccc%13%14)c%12c%11c%10)c%10ccccc9%10)cccc78)cc(-c7cccc8ccccc78)cc6c5c4)c4ccccc34)ccc2c1. The molecule has 0 radical (unpaired) electrons. The normalized spacial score (nSPS) is 12.1. The van der Waals surface area contributed by atoms with Crippen molar-refractivity contribution in [3.05, 3.63) is 328 Å². The molecule has 21 rings (SSSR count). The van der Waals surface area contributed by atoms with E-state index in [4.69, 9.17) is 13.3 Å². The van der Waals surface area contributed by atoms with E-state index in [9.17, 15) is 0 Å². The molecule has 0 N–H and O–H groups in total. The molecule has 0 aliphatic heterocycles. The van der Waals surface area contributed by atoms with Crippen LogP contribution in [0.5, 0.6) is 0 Å². The van der Waals surface area contributed by atoms with Crippen LogP contribution in [0.4, 0.5) is 0 Å². The fourth-order valence-corrected chi connectivity index (χ4v) is 16.6. The number of para-hydroxylation sites is 2. The molecule has 0 atom stereocenters. The Hall–Kier alpha value is -12.8. The van der Waals surface area contributed by atoms with Gasteiger partial charge in [-0.05, 0) is 197 Å². The van der Waals surface area contributed by atoms with Gasteiger partial charge >= 0.3 is 0 Å². The van der Waals surface area contributed by atoms with Crippen molar-refractivity contribution in [3.63, 3.8) is 0 Å². The summed E-state index contributed by atoms with van der Waals surface area (Å²) in [4.78, 5) is 0. The molecule has 0 aliphatic rings. The monoisotopic (exact) mass is 1230 g/mol. The van der Waals surface area contributed by atoms with Crippen LogP contribution in [0.3, 0.4) is 0 Å². The third kappa shape index (κ3) is 8.04. The second-order valence-electron chi connectivity index (χ2n) is 26.0. The molecular weight excluding hydrogens is 1180 g/mol. The highest BCUT2D eigenvalue weighted by Gasteiger charge is 2.25. The second-order valence-corrected chi connectivity index (χ2v) is 26.0. The van der Waals surface area contributed by atoms with Gasteiger partial charge in [-0.1, -0.05) is 273 Å². The minimum Gasteiger partial charge on any atom is -0.456 e. The lowest BCUT2D eigenvalue weighted by Crippen LogP contribution is -1.92. The summed E-state index contributed by atoms with van der Waals surface area (Å²) in [6.45, 7) is 0. The third-order valence-corrected chi connectivity index (χ3v) is 20.8. The van der Waals surface area contributed by atoms with Gasteiger partial charge in [-0.3, -0.25) is 0 Å². The van der Waals surface area contributed by atoms with Gasteiger partial charge in [-0.2, -0.15) is 0 Å². The van der Waals surface area contributed by atoms with Gasteiger partial charge in [0, 0.05) is 43.4 Å². The van der Waals surface area contributed by atoms with Crippen LogP contribution in [0.2, 0.25) is 0 Å². The Kier molecular flexibility index (Phi) is 11.5. The van der Waals surface area contributed by atoms with Gasteiger partial charge in [-0.25, -0.2) is 0 Å². The quantitative estimate of drug-likeness (QED) is 0.149. The van der Waals surface area contributed by atoms with Crippen molar-refractivity contribution in [1.82, 2.24) is 0 Å². The van der Waals surface area contributed by atoms with E-state index < -0.39 is 0 Å². The van der Waals surface area contributed by atoms with Crippen molar-refractivity contribution >= 4 is 141 Å². The molecule has 0 saturated carbocycles. The number of rotatable bonds is 7. The number of furan rings is 3. The molecule has 97 heavy (non-hydrogen) atoms. The maximum absolute atomic E-state index is 7.32. The highest BCUT2D eigenvalue weighted by molar-refractivity contribution is 6.27. The fraction of sp³-hybridized carbons (Fsp3) is 0. The van der Waals surface area contributed by atoms with E-state index in [0.717, 1.165) is 116 Å². The molecule has 0 bridgehead atoms. The summed E-state index contributed by atoms with van der Waals surface area (Å²) in [6, 6.07) is 120. The summed E-state index contributed by atoms with van der Waals surface area (Å²) in [5.74, 6) is 0. The van der Waals surface area contributed by atoms with E-state index in [1.165, 1.54) is 104 Å². The maximum Gasteiger partial charge on any atom is 0.143 e. The van der Waals surface area contributed by atoms with E-state index in [1.54, 1.807) is 0 Å². The topological polar surface area (TPSA) is 39.4 Å². The van der Waals surface area contributed by atoms with E-state index in [1.807, 2.05) is 12.1 Å². The largest absolute Gasteiger partial charge is 0.456 e. The highest BCUT2D eigenvalue weighted by Crippen LogP contribution is 2.52. The van der Waals surface area contributed by atoms with Crippen LogP contribution in [0.25, 0.3) is 219 Å². The molecule has 0 unspecified atom stereocenters. The van der Waals surface area contributed by atoms with Crippen LogP contribution >= 0.6 is 0 Å². The Morgan fingerprint density at radius 1 is 0.155 bits per heavy atom. The predicted molar refractivity (Wildman–Crippen MR) is 409 cm³/mol. The summed E-state index contributed by atoms with van der Waals surface area (Å²) in [6.07, 6.45) is 0. The van der Waals surface area contributed by atoms with Gasteiger partial charge < -0.3 is 13.3 Å². The summed E-state index contributed by atoms with van der Waals surface area (Å²) < 4.78 is 20.7. The number of hydrogen-bond acceptors (Lipinski definition) is 3. The molecule has 3 heteroatoms. The smallest absolute Gasteiger partial charge is 0.143 e. The average Bonchev–Trinajstić information content (AvgIpc) is 1.71. The van der Waals surface area contributed by atoms with Gasteiger partial charge in [0.2, 0.25) is 0 Å². The molecule has 0 spiro atoms. The van der Waals surface area contributed by atoms with Crippen LogP contribution in [0, 0.1) is 0 Å². The first-order valence-corrected chi connectivity index (χ1v) is 33.4. The van der Waals surface area contributed by atoms with Gasteiger partial charge in [0.25, 0.3) is 0 Å². The van der Waals surface area contributed by atoms with E-state index in [2.05, 4.69) is 315 Å². The highest BCUT2D eigenvalue weighted by atomic mass is 16.3. The lowest BCUT2D eigenvalue weighted by atomic mass is 9.83. The number of fused-ring (bicyclic) bond motifs is 16. The van der Waals surface area contributed by atoms with Gasteiger partial charge in [0.1, 0.15) is 33.5 Å². The Morgan fingerprint density at radius 2 is 0.557 bits per heavy atom. The zero-order valence-corrected chi connectivity index (χ0v) is 52.4. The zero-order valence-electron chi connectivity index (χ0n) is 52.4. The van der Waals surface area contributed by atoms with Crippen molar-refractivity contribution in [1.29, 1.82) is 0 Å². The van der Waals surface area contributed by atoms with E-state index in [0.29, 0.717) is 0 Å². The Morgan fingerprint density at radius 3 is 1.22 bits per heavy atom. The van der Waals surface area contributed by atoms with Crippen LogP contribution < -0.4 is 0 Å². The number of benzene rings is 18. The Balaban J connectivity index is 0.758. The molecule has 18 aromatic carbocycles. The standard InChI is InChI=1S/C94H54O3/c1-2-22-57-50-58(45-44-55(57)20-1)88-69-26-5-7-28-71(69)89(72-29-8-6-27-70(72)88)59-46-48-85-80(51-59)82-54-61(63-34-15-23-56-21-3-4-24-62(56)63)53-81(94(82)97-85)66-37-16-36-65-64(66)35-17-38-68(65)91-75-32-11-9-30-73(75)90(74-31-10-12-33-76(74)91)60-47-49-86-83(52-60)92-77(39-19-43-87(92)95-86)79-41-18-40-78-67-25-13-14-42-84(67)96-93(78)79/h1-54H. The lowest BCUT2D eigenvalue weighted by molar-refractivity contribution is 0.668. The molecule has 448 valence electrons. The first-order valence-electron chi connectivity index (χ1n) is 33.4.